The van der Waals surface area contributed by atoms with Gasteiger partial charge in [-0.05, 0) is 12.8 Å². The van der Waals surface area contributed by atoms with Gasteiger partial charge in [0.25, 0.3) is 7.82 Å². The van der Waals surface area contributed by atoms with Crippen LogP contribution in [-0.2, 0) is 18.4 Å². The molecule has 0 aromatic heterocycles. The number of aliphatic hydroxyl groups excluding tert-OH is 1. The van der Waals surface area contributed by atoms with Crippen LogP contribution in [0, 0.1) is 0 Å². The SMILES string of the molecule is CCCCCCCCCCCCCCCC(=O)N[C@H](COP(=O)([O-])OCC[N+](C)(C)C)[C@@H](O)CCCCCCCCCCCCCCC. The molecule has 0 saturated heterocycles. The van der Waals surface area contributed by atoms with Crippen LogP contribution < -0.4 is 10.2 Å². The van der Waals surface area contributed by atoms with E-state index in [0.29, 0.717) is 23.9 Å². The van der Waals surface area contributed by atoms with E-state index < -0.39 is 20.0 Å². The number of likely N-dealkylation sites (N-methyl/N-ethyl adjacent to an activating group) is 1. The summed E-state index contributed by atoms with van der Waals surface area (Å²) in [6.45, 7) is 4.71. The smallest absolute Gasteiger partial charge is 0.268 e. The molecule has 0 aliphatic rings. The molecule has 0 aliphatic heterocycles. The maximum absolute atomic E-state index is 12.8. The zero-order valence-electron chi connectivity index (χ0n) is 32.5. The quantitative estimate of drug-likeness (QED) is 0.0379. The van der Waals surface area contributed by atoms with Gasteiger partial charge in [0.05, 0.1) is 39.9 Å². The Balaban J connectivity index is 4.41. The Morgan fingerprint density at radius 1 is 0.646 bits per heavy atom. The first-order valence-electron chi connectivity index (χ1n) is 20.4. The number of quaternary nitrogens is 1. The van der Waals surface area contributed by atoms with E-state index in [9.17, 15) is 19.4 Å². The Bertz CT molecular complexity index is 763. The molecule has 48 heavy (non-hydrogen) atoms. The van der Waals surface area contributed by atoms with Gasteiger partial charge in [-0.1, -0.05) is 174 Å². The second-order valence-corrected chi connectivity index (χ2v) is 16.8. The van der Waals surface area contributed by atoms with Gasteiger partial charge in [-0.15, -0.1) is 0 Å². The number of amides is 1. The van der Waals surface area contributed by atoms with Gasteiger partial charge in [0.1, 0.15) is 13.2 Å². The number of rotatable bonds is 37. The molecule has 0 radical (unpaired) electrons. The van der Waals surface area contributed by atoms with Crippen LogP contribution >= 0.6 is 7.82 Å². The third-order valence-corrected chi connectivity index (χ3v) is 10.3. The van der Waals surface area contributed by atoms with Crippen molar-refractivity contribution in [2.45, 2.75) is 206 Å². The van der Waals surface area contributed by atoms with Crippen molar-refractivity contribution in [2.75, 3.05) is 40.9 Å². The maximum atomic E-state index is 12.8. The molecular formula is C39H81N2O6P. The van der Waals surface area contributed by atoms with Crippen LogP contribution in [0.2, 0.25) is 0 Å². The Morgan fingerprint density at radius 2 is 1.02 bits per heavy atom. The van der Waals surface area contributed by atoms with Crippen molar-refractivity contribution in [3.8, 4) is 0 Å². The molecule has 288 valence electrons. The number of nitrogens with zero attached hydrogens (tertiary/aromatic N) is 1. The lowest BCUT2D eigenvalue weighted by molar-refractivity contribution is -0.870. The molecule has 0 spiro atoms. The van der Waals surface area contributed by atoms with E-state index in [-0.39, 0.29) is 19.1 Å². The highest BCUT2D eigenvalue weighted by atomic mass is 31.2. The Morgan fingerprint density at radius 3 is 1.42 bits per heavy atom. The minimum atomic E-state index is -4.55. The lowest BCUT2D eigenvalue weighted by Gasteiger charge is -2.30. The van der Waals surface area contributed by atoms with Gasteiger partial charge in [-0.25, -0.2) is 0 Å². The summed E-state index contributed by atoms with van der Waals surface area (Å²) in [6.07, 6.45) is 32.3. The van der Waals surface area contributed by atoms with Gasteiger partial charge in [0, 0.05) is 6.42 Å². The van der Waals surface area contributed by atoms with Gasteiger partial charge in [0.2, 0.25) is 5.91 Å². The molecule has 0 aliphatic carbocycles. The van der Waals surface area contributed by atoms with Gasteiger partial charge in [0.15, 0.2) is 0 Å². The second kappa shape index (κ2) is 32.4. The van der Waals surface area contributed by atoms with Crippen LogP contribution in [0.4, 0.5) is 0 Å². The number of phosphoric acid groups is 1. The summed E-state index contributed by atoms with van der Waals surface area (Å²) in [5.41, 5.74) is 0. The second-order valence-electron chi connectivity index (χ2n) is 15.4. The number of carbonyl (C=O) groups is 1. The van der Waals surface area contributed by atoms with Crippen LogP contribution in [0.25, 0.3) is 0 Å². The summed E-state index contributed by atoms with van der Waals surface area (Å²) < 4.78 is 23.2. The van der Waals surface area contributed by atoms with Crippen molar-refractivity contribution in [1.82, 2.24) is 5.32 Å². The van der Waals surface area contributed by atoms with E-state index in [2.05, 4.69) is 19.2 Å². The van der Waals surface area contributed by atoms with E-state index >= 15 is 0 Å². The molecule has 8 nitrogen and oxygen atoms in total. The van der Waals surface area contributed by atoms with Gasteiger partial charge >= 0.3 is 0 Å². The topological polar surface area (TPSA) is 108 Å². The Hall–Kier alpha value is -0.500. The molecule has 0 bridgehead atoms. The van der Waals surface area contributed by atoms with Crippen LogP contribution in [0.15, 0.2) is 0 Å². The van der Waals surface area contributed by atoms with Crippen LogP contribution in [0.5, 0.6) is 0 Å². The molecule has 0 fully saturated rings. The number of nitrogens with one attached hydrogen (secondary N) is 1. The van der Waals surface area contributed by atoms with E-state index in [0.717, 1.165) is 38.5 Å². The van der Waals surface area contributed by atoms with Crippen molar-refractivity contribution < 1.29 is 32.9 Å². The predicted molar refractivity (Wildman–Crippen MR) is 201 cm³/mol. The van der Waals surface area contributed by atoms with Crippen molar-refractivity contribution >= 4 is 13.7 Å². The number of aliphatic hydroxyl groups is 1. The minimum absolute atomic E-state index is 0.0157. The average Bonchev–Trinajstić information content (AvgIpc) is 3.02. The number of unbranched alkanes of at least 4 members (excludes halogenated alkanes) is 24. The van der Waals surface area contributed by atoms with Crippen LogP contribution in [0.1, 0.15) is 194 Å². The molecule has 0 aromatic rings. The maximum Gasteiger partial charge on any atom is 0.268 e. The van der Waals surface area contributed by atoms with E-state index in [4.69, 9.17) is 9.05 Å². The number of phosphoric ester groups is 1. The minimum Gasteiger partial charge on any atom is -0.756 e. The predicted octanol–water partition coefficient (Wildman–Crippen LogP) is 10.0. The third-order valence-electron chi connectivity index (χ3n) is 9.35. The van der Waals surface area contributed by atoms with E-state index in [1.807, 2.05) is 21.1 Å². The zero-order chi connectivity index (χ0) is 35.8. The van der Waals surface area contributed by atoms with E-state index in [1.54, 1.807) is 0 Å². The fourth-order valence-corrected chi connectivity index (χ4v) is 6.76. The number of hydrogen-bond acceptors (Lipinski definition) is 6. The molecule has 2 N–H and O–H groups in total. The van der Waals surface area contributed by atoms with Gasteiger partial charge in [-0.3, -0.25) is 9.36 Å². The standard InChI is InChI=1S/C39H81N2O6P/c1-6-8-10-12-14-16-18-20-22-24-26-28-30-32-38(42)37(36-47-48(44,45)46-35-34-41(3,4)5)40-39(43)33-31-29-27-25-23-21-19-17-15-13-11-9-7-2/h37-38,42H,6-36H2,1-5H3,(H-,40,43,44,45)/t37-,38+/m1/s1. The molecule has 3 atom stereocenters. The fraction of sp³-hybridized carbons (Fsp3) is 0.974. The molecule has 1 unspecified atom stereocenters. The van der Waals surface area contributed by atoms with E-state index in [1.165, 1.54) is 128 Å². The molecule has 0 heterocycles. The summed E-state index contributed by atoms with van der Waals surface area (Å²) >= 11 is 0. The Labute approximate surface area is 298 Å². The molecule has 0 aromatic carbocycles. The monoisotopic (exact) mass is 705 g/mol. The van der Waals surface area contributed by atoms with Crippen molar-refractivity contribution in [3.63, 3.8) is 0 Å². The summed E-state index contributed by atoms with van der Waals surface area (Å²) in [5, 5.41) is 13.8. The molecule has 1 amide bonds. The lowest BCUT2D eigenvalue weighted by Crippen LogP contribution is -2.46. The van der Waals surface area contributed by atoms with Crippen molar-refractivity contribution in [3.05, 3.63) is 0 Å². The van der Waals surface area contributed by atoms with Crippen molar-refractivity contribution in [2.24, 2.45) is 0 Å². The molecule has 9 heteroatoms. The summed E-state index contributed by atoms with van der Waals surface area (Å²) in [5.74, 6) is -0.164. The zero-order valence-corrected chi connectivity index (χ0v) is 33.4. The first-order chi connectivity index (χ1) is 23.0. The third kappa shape index (κ3) is 34.0. The first-order valence-corrected chi connectivity index (χ1v) is 21.8. The highest BCUT2D eigenvalue weighted by molar-refractivity contribution is 7.45. The van der Waals surface area contributed by atoms with Crippen molar-refractivity contribution in [1.29, 1.82) is 0 Å². The Kier molecular flexibility index (Phi) is 32.1. The molecular weight excluding hydrogens is 623 g/mol. The van der Waals surface area contributed by atoms with Gasteiger partial charge < -0.3 is 28.8 Å². The van der Waals surface area contributed by atoms with Crippen LogP contribution in [0.3, 0.4) is 0 Å². The van der Waals surface area contributed by atoms with Crippen LogP contribution in [-0.4, -0.2) is 68.5 Å². The summed E-state index contributed by atoms with van der Waals surface area (Å²) in [7, 11) is 1.31. The first kappa shape index (κ1) is 47.5. The lowest BCUT2D eigenvalue weighted by atomic mass is 10.0. The highest BCUT2D eigenvalue weighted by Crippen LogP contribution is 2.38. The molecule has 0 saturated carbocycles. The normalized spacial score (nSPS) is 14.6. The molecule has 0 rings (SSSR count). The number of carbonyl (C=O) groups excluding carboxylic acids is 1. The summed E-state index contributed by atoms with van der Waals surface area (Å²) in [6, 6.07) is -0.791. The summed E-state index contributed by atoms with van der Waals surface area (Å²) in [4.78, 5) is 25.2. The highest BCUT2D eigenvalue weighted by Gasteiger charge is 2.24. The fourth-order valence-electron chi connectivity index (χ4n) is 6.04. The van der Waals surface area contributed by atoms with Gasteiger partial charge in [-0.2, -0.15) is 0 Å². The number of hydrogen-bond donors (Lipinski definition) is 2. The average molecular weight is 705 g/mol. The largest absolute Gasteiger partial charge is 0.756 e.